The van der Waals surface area contributed by atoms with Crippen molar-refractivity contribution in [3.05, 3.63) is 60.9 Å². The van der Waals surface area contributed by atoms with Gasteiger partial charge in [-0.15, -0.1) is 24.0 Å². The SMILES string of the molecule is [Y].[c-]1ncccc1-c1[c-]cc2ccccc2n1. The molecular formula is C14H8N2Y-2. The Hall–Kier alpha value is -1.12. The zero-order valence-electron chi connectivity index (χ0n) is 9.09. The Kier molecular flexibility index (Phi) is 3.98. The molecule has 2 heterocycles. The fourth-order valence-corrected chi connectivity index (χ4v) is 1.61. The summed E-state index contributed by atoms with van der Waals surface area (Å²) in [6.07, 6.45) is 4.60. The van der Waals surface area contributed by atoms with Crippen LogP contribution in [-0.4, -0.2) is 9.97 Å². The van der Waals surface area contributed by atoms with Gasteiger partial charge in [0.1, 0.15) is 0 Å². The Morgan fingerprint density at radius 2 is 1.88 bits per heavy atom. The molecule has 0 bridgehead atoms. The summed E-state index contributed by atoms with van der Waals surface area (Å²) in [6, 6.07) is 16.9. The fourth-order valence-electron chi connectivity index (χ4n) is 1.61. The summed E-state index contributed by atoms with van der Waals surface area (Å²) in [5.41, 5.74) is 2.62. The fraction of sp³-hybridized carbons (Fsp3) is 0. The molecule has 0 saturated carbocycles. The van der Waals surface area contributed by atoms with Gasteiger partial charge in [0.2, 0.25) is 0 Å². The van der Waals surface area contributed by atoms with Gasteiger partial charge >= 0.3 is 0 Å². The Morgan fingerprint density at radius 3 is 2.71 bits per heavy atom. The van der Waals surface area contributed by atoms with Crippen molar-refractivity contribution in [3.8, 4) is 11.3 Å². The number of rotatable bonds is 1. The van der Waals surface area contributed by atoms with Crippen molar-refractivity contribution in [2.75, 3.05) is 0 Å². The third kappa shape index (κ3) is 2.59. The van der Waals surface area contributed by atoms with Crippen LogP contribution < -0.4 is 0 Å². The maximum atomic E-state index is 4.52. The number of benzene rings is 1. The van der Waals surface area contributed by atoms with Crippen LogP contribution in [0, 0.1) is 12.3 Å². The molecule has 0 spiro atoms. The van der Waals surface area contributed by atoms with Crippen LogP contribution in [0.2, 0.25) is 0 Å². The average Bonchev–Trinajstić information content (AvgIpc) is 2.39. The first-order valence-electron chi connectivity index (χ1n) is 5.04. The molecule has 0 unspecified atom stereocenters. The molecule has 3 rings (SSSR count). The van der Waals surface area contributed by atoms with E-state index in [9.17, 15) is 0 Å². The van der Waals surface area contributed by atoms with Gasteiger partial charge < -0.3 is 9.97 Å². The molecule has 3 heteroatoms. The van der Waals surface area contributed by atoms with Crippen LogP contribution in [0.25, 0.3) is 22.2 Å². The molecule has 0 aliphatic carbocycles. The summed E-state index contributed by atoms with van der Waals surface area (Å²) in [5, 5.41) is 1.09. The molecule has 2 nitrogen and oxygen atoms in total. The molecule has 0 aliphatic heterocycles. The van der Waals surface area contributed by atoms with Gasteiger partial charge in [-0.25, -0.2) is 11.6 Å². The van der Waals surface area contributed by atoms with E-state index in [0.717, 1.165) is 22.2 Å². The van der Waals surface area contributed by atoms with Crippen molar-refractivity contribution in [2.24, 2.45) is 0 Å². The van der Waals surface area contributed by atoms with Crippen molar-refractivity contribution in [3.63, 3.8) is 0 Å². The summed E-state index contributed by atoms with van der Waals surface area (Å²) in [5.74, 6) is 0. The molecular weight excluding hydrogens is 285 g/mol. The molecule has 17 heavy (non-hydrogen) atoms. The monoisotopic (exact) mass is 293 g/mol. The van der Waals surface area contributed by atoms with Crippen molar-refractivity contribution in [1.29, 1.82) is 0 Å². The standard InChI is InChI=1S/C14H8N2.Y/c1-2-6-13-11(4-1)7-8-14(16-13)12-5-3-9-15-10-12;/h1-7,9H;/q-2;. The third-order valence-electron chi connectivity index (χ3n) is 2.40. The van der Waals surface area contributed by atoms with Crippen LogP contribution in [0.5, 0.6) is 0 Å². The summed E-state index contributed by atoms with van der Waals surface area (Å²) >= 11 is 0. The van der Waals surface area contributed by atoms with Gasteiger partial charge in [0, 0.05) is 38.2 Å². The summed E-state index contributed by atoms with van der Waals surface area (Å²) in [6.45, 7) is 0. The first-order valence-corrected chi connectivity index (χ1v) is 5.04. The van der Waals surface area contributed by atoms with E-state index >= 15 is 0 Å². The molecule has 3 aromatic rings. The number of aromatic nitrogens is 2. The predicted molar refractivity (Wildman–Crippen MR) is 62.6 cm³/mol. The number of fused-ring (bicyclic) bond motifs is 1. The van der Waals surface area contributed by atoms with E-state index in [1.54, 1.807) is 6.20 Å². The van der Waals surface area contributed by atoms with E-state index < -0.39 is 0 Å². The number of para-hydroxylation sites is 1. The van der Waals surface area contributed by atoms with Crippen molar-refractivity contribution in [2.45, 2.75) is 0 Å². The van der Waals surface area contributed by atoms with E-state index in [1.165, 1.54) is 0 Å². The Balaban J connectivity index is 0.00000108. The quantitative estimate of drug-likeness (QED) is 0.645. The van der Waals surface area contributed by atoms with Crippen LogP contribution >= 0.6 is 0 Å². The van der Waals surface area contributed by atoms with Gasteiger partial charge in [0.25, 0.3) is 0 Å². The van der Waals surface area contributed by atoms with Crippen molar-refractivity contribution >= 4 is 10.9 Å². The maximum Gasteiger partial charge on any atom is 0.00296 e. The molecule has 1 radical (unpaired) electrons. The summed E-state index contributed by atoms with van der Waals surface area (Å²) in [7, 11) is 0. The van der Waals surface area contributed by atoms with Crippen LogP contribution in [0.4, 0.5) is 0 Å². The summed E-state index contributed by atoms with van der Waals surface area (Å²) < 4.78 is 0. The minimum atomic E-state index is 0. The number of pyridine rings is 2. The van der Waals surface area contributed by atoms with Gasteiger partial charge in [-0.1, -0.05) is 23.7 Å². The second-order valence-corrected chi connectivity index (χ2v) is 3.47. The number of hydrogen-bond donors (Lipinski definition) is 0. The molecule has 0 atom stereocenters. The first-order chi connectivity index (χ1) is 7.93. The zero-order chi connectivity index (χ0) is 10.8. The van der Waals surface area contributed by atoms with Crippen molar-refractivity contribution in [1.82, 2.24) is 9.97 Å². The molecule has 0 fully saturated rings. The topological polar surface area (TPSA) is 25.8 Å². The minimum Gasteiger partial charge on any atom is -0.374 e. The van der Waals surface area contributed by atoms with Gasteiger partial charge in [-0.05, 0) is 6.07 Å². The smallest absolute Gasteiger partial charge is 0.00296 e. The first kappa shape index (κ1) is 12.3. The van der Waals surface area contributed by atoms with Gasteiger partial charge in [0.15, 0.2) is 0 Å². The number of hydrogen-bond acceptors (Lipinski definition) is 2. The second kappa shape index (κ2) is 5.48. The molecule has 0 amide bonds. The van der Waals surface area contributed by atoms with E-state index in [4.69, 9.17) is 0 Å². The largest absolute Gasteiger partial charge is 0.374 e. The van der Waals surface area contributed by atoms with Crippen molar-refractivity contribution < 1.29 is 32.7 Å². The van der Waals surface area contributed by atoms with Gasteiger partial charge in [0.05, 0.1) is 0 Å². The molecule has 1 aromatic carbocycles. The van der Waals surface area contributed by atoms with E-state index in [1.807, 2.05) is 42.5 Å². The second-order valence-electron chi connectivity index (χ2n) is 3.47. The van der Waals surface area contributed by atoms with E-state index in [-0.39, 0.29) is 32.7 Å². The average molecular weight is 293 g/mol. The molecule has 2 aromatic heterocycles. The predicted octanol–water partition coefficient (Wildman–Crippen LogP) is 2.89. The van der Waals surface area contributed by atoms with Crippen LogP contribution in [0.3, 0.4) is 0 Å². The summed E-state index contributed by atoms with van der Waals surface area (Å²) in [4.78, 5) is 8.47. The van der Waals surface area contributed by atoms with Crippen LogP contribution in [-0.2, 0) is 32.7 Å². The van der Waals surface area contributed by atoms with E-state index in [0.29, 0.717) is 0 Å². The van der Waals surface area contributed by atoms with Crippen LogP contribution in [0.1, 0.15) is 0 Å². The Labute approximate surface area is 125 Å². The van der Waals surface area contributed by atoms with Gasteiger partial charge in [-0.3, -0.25) is 0 Å². The van der Waals surface area contributed by atoms with Gasteiger partial charge in [-0.2, -0.15) is 12.1 Å². The van der Waals surface area contributed by atoms with E-state index in [2.05, 4.69) is 22.2 Å². The third-order valence-corrected chi connectivity index (χ3v) is 2.40. The minimum absolute atomic E-state index is 0. The Morgan fingerprint density at radius 1 is 1.00 bits per heavy atom. The Bertz CT molecular complexity index is 623. The number of nitrogens with zero attached hydrogens (tertiary/aromatic N) is 2. The zero-order valence-corrected chi connectivity index (χ0v) is 11.9. The molecule has 0 saturated heterocycles. The normalized spacial score (nSPS) is 9.88. The molecule has 79 valence electrons. The molecule has 0 N–H and O–H groups in total. The molecule has 0 aliphatic rings. The maximum absolute atomic E-state index is 4.52. The van der Waals surface area contributed by atoms with Crippen LogP contribution in [0.15, 0.2) is 48.7 Å².